The van der Waals surface area contributed by atoms with Crippen LogP contribution in [0.25, 0.3) is 0 Å². The topological polar surface area (TPSA) is 28.2 Å². The summed E-state index contributed by atoms with van der Waals surface area (Å²) < 4.78 is 0. The van der Waals surface area contributed by atoms with Gasteiger partial charge in [0.1, 0.15) is 0 Å². The molecule has 94 valence electrons. The number of pyridine rings is 1. The molecule has 0 aromatic carbocycles. The lowest BCUT2D eigenvalue weighted by atomic mass is 10.0. The van der Waals surface area contributed by atoms with Crippen LogP contribution in [-0.4, -0.2) is 25.1 Å². The van der Waals surface area contributed by atoms with Gasteiger partial charge in [0.25, 0.3) is 0 Å². The van der Waals surface area contributed by atoms with E-state index in [0.29, 0.717) is 6.04 Å². The fourth-order valence-corrected chi connectivity index (χ4v) is 2.80. The predicted octanol–water partition coefficient (Wildman–Crippen LogP) is 3.14. The van der Waals surface area contributed by atoms with Crippen molar-refractivity contribution in [2.45, 2.75) is 38.6 Å². The maximum absolute atomic E-state index is 4.23. The maximum Gasteiger partial charge on any atom is 0.0766 e. The summed E-state index contributed by atoms with van der Waals surface area (Å²) >= 11 is 0. The van der Waals surface area contributed by atoms with Crippen LogP contribution in [0.2, 0.25) is 0 Å². The van der Waals surface area contributed by atoms with Crippen molar-refractivity contribution < 1.29 is 0 Å². The van der Waals surface area contributed by atoms with Crippen molar-refractivity contribution >= 4 is 11.4 Å². The van der Waals surface area contributed by atoms with E-state index in [1.807, 2.05) is 12.4 Å². The number of hydrogen-bond donors (Lipinski definition) is 1. The molecule has 0 amide bonds. The molecule has 3 nitrogen and oxygen atoms in total. The summed E-state index contributed by atoms with van der Waals surface area (Å²) in [7, 11) is 4.15. The monoisotopic (exact) mass is 233 g/mol. The minimum absolute atomic E-state index is 0.628. The third-order valence-corrected chi connectivity index (χ3v) is 3.80. The molecule has 1 aliphatic carbocycles. The SMILES string of the molecule is CCC1CCCC1Nc1cnccc1N(C)C. The number of hydrogen-bond acceptors (Lipinski definition) is 3. The van der Waals surface area contributed by atoms with Gasteiger partial charge in [-0.2, -0.15) is 0 Å². The molecule has 0 bridgehead atoms. The number of aromatic nitrogens is 1. The van der Waals surface area contributed by atoms with Crippen molar-refractivity contribution in [2.24, 2.45) is 5.92 Å². The summed E-state index contributed by atoms with van der Waals surface area (Å²) in [5.74, 6) is 0.824. The second-order valence-corrected chi connectivity index (χ2v) is 5.14. The van der Waals surface area contributed by atoms with E-state index in [1.54, 1.807) is 0 Å². The van der Waals surface area contributed by atoms with Gasteiger partial charge in [-0.3, -0.25) is 4.98 Å². The van der Waals surface area contributed by atoms with Crippen LogP contribution in [0.1, 0.15) is 32.6 Å². The van der Waals surface area contributed by atoms with Gasteiger partial charge in [0.2, 0.25) is 0 Å². The van der Waals surface area contributed by atoms with Crippen molar-refractivity contribution in [1.82, 2.24) is 4.98 Å². The zero-order chi connectivity index (χ0) is 12.3. The Labute approximate surface area is 104 Å². The first-order chi connectivity index (χ1) is 8.22. The Balaban J connectivity index is 2.12. The molecule has 2 rings (SSSR count). The highest BCUT2D eigenvalue weighted by Crippen LogP contribution is 2.33. The molecular formula is C14H23N3. The Bertz CT molecular complexity index is 362. The molecule has 0 aliphatic heterocycles. The van der Waals surface area contributed by atoms with Crippen LogP contribution in [0.3, 0.4) is 0 Å². The molecule has 2 unspecified atom stereocenters. The minimum atomic E-state index is 0.628. The quantitative estimate of drug-likeness (QED) is 0.866. The number of nitrogens with zero attached hydrogens (tertiary/aromatic N) is 2. The maximum atomic E-state index is 4.23. The average Bonchev–Trinajstić information content (AvgIpc) is 2.77. The van der Waals surface area contributed by atoms with Crippen molar-refractivity contribution in [3.8, 4) is 0 Å². The lowest BCUT2D eigenvalue weighted by Crippen LogP contribution is -2.25. The van der Waals surface area contributed by atoms with E-state index in [1.165, 1.54) is 37.1 Å². The second kappa shape index (κ2) is 5.39. The highest BCUT2D eigenvalue weighted by Gasteiger charge is 2.26. The summed E-state index contributed by atoms with van der Waals surface area (Å²) in [6, 6.07) is 2.70. The molecule has 1 heterocycles. The molecule has 1 fully saturated rings. The van der Waals surface area contributed by atoms with Gasteiger partial charge >= 0.3 is 0 Å². The first kappa shape index (κ1) is 12.2. The van der Waals surface area contributed by atoms with Gasteiger partial charge < -0.3 is 10.2 Å². The Hall–Kier alpha value is -1.25. The lowest BCUT2D eigenvalue weighted by molar-refractivity contribution is 0.489. The fraction of sp³-hybridized carbons (Fsp3) is 0.643. The van der Waals surface area contributed by atoms with Crippen molar-refractivity contribution in [3.63, 3.8) is 0 Å². The zero-order valence-electron chi connectivity index (χ0n) is 11.1. The Morgan fingerprint density at radius 2 is 2.24 bits per heavy atom. The normalized spacial score (nSPS) is 23.7. The van der Waals surface area contributed by atoms with E-state index < -0.39 is 0 Å². The summed E-state index contributed by atoms with van der Waals surface area (Å²) in [6.45, 7) is 2.29. The molecule has 3 heteroatoms. The van der Waals surface area contributed by atoms with Crippen LogP contribution in [0.15, 0.2) is 18.5 Å². The highest BCUT2D eigenvalue weighted by atomic mass is 15.1. The number of rotatable bonds is 4. The summed E-state index contributed by atoms with van der Waals surface area (Å²) in [5.41, 5.74) is 2.39. The number of anilines is 2. The van der Waals surface area contributed by atoms with Gasteiger partial charge in [-0.05, 0) is 24.8 Å². The van der Waals surface area contributed by atoms with Gasteiger partial charge in [-0.25, -0.2) is 0 Å². The zero-order valence-corrected chi connectivity index (χ0v) is 11.1. The summed E-state index contributed by atoms with van der Waals surface area (Å²) in [6.07, 6.45) is 9.09. The summed E-state index contributed by atoms with van der Waals surface area (Å²) in [4.78, 5) is 6.37. The third kappa shape index (κ3) is 2.71. The molecule has 1 aromatic rings. The standard InChI is InChI=1S/C14H23N3/c1-4-11-6-5-7-12(11)16-13-10-15-9-8-14(13)17(2)3/h8-12,16H,4-7H2,1-3H3. The molecule has 17 heavy (non-hydrogen) atoms. The smallest absolute Gasteiger partial charge is 0.0766 e. The van der Waals surface area contributed by atoms with E-state index in [0.717, 1.165) is 5.92 Å². The lowest BCUT2D eigenvalue weighted by Gasteiger charge is -2.24. The van der Waals surface area contributed by atoms with Crippen molar-refractivity contribution in [3.05, 3.63) is 18.5 Å². The molecule has 1 saturated carbocycles. The Kier molecular flexibility index (Phi) is 3.87. The molecule has 0 spiro atoms. The van der Waals surface area contributed by atoms with Crippen LogP contribution in [0.4, 0.5) is 11.4 Å². The van der Waals surface area contributed by atoms with Gasteiger partial charge in [-0.15, -0.1) is 0 Å². The van der Waals surface area contributed by atoms with Crippen molar-refractivity contribution in [1.29, 1.82) is 0 Å². The van der Waals surface area contributed by atoms with Gasteiger partial charge in [0.15, 0.2) is 0 Å². The largest absolute Gasteiger partial charge is 0.379 e. The van der Waals surface area contributed by atoms with Crippen LogP contribution in [-0.2, 0) is 0 Å². The molecule has 1 aromatic heterocycles. The van der Waals surface area contributed by atoms with Gasteiger partial charge in [0, 0.05) is 26.3 Å². The van der Waals surface area contributed by atoms with E-state index in [2.05, 4.69) is 42.3 Å². The molecule has 2 atom stereocenters. The highest BCUT2D eigenvalue weighted by molar-refractivity contribution is 5.68. The van der Waals surface area contributed by atoms with E-state index >= 15 is 0 Å². The molecular weight excluding hydrogens is 210 g/mol. The molecule has 0 saturated heterocycles. The third-order valence-electron chi connectivity index (χ3n) is 3.80. The molecule has 1 N–H and O–H groups in total. The van der Waals surface area contributed by atoms with E-state index in [-0.39, 0.29) is 0 Å². The second-order valence-electron chi connectivity index (χ2n) is 5.14. The Morgan fingerprint density at radius 1 is 1.41 bits per heavy atom. The van der Waals surface area contributed by atoms with E-state index in [4.69, 9.17) is 0 Å². The minimum Gasteiger partial charge on any atom is -0.379 e. The predicted molar refractivity (Wildman–Crippen MR) is 73.6 cm³/mol. The van der Waals surface area contributed by atoms with Crippen LogP contribution < -0.4 is 10.2 Å². The van der Waals surface area contributed by atoms with Crippen LogP contribution >= 0.6 is 0 Å². The molecule has 0 radical (unpaired) electrons. The fourth-order valence-electron chi connectivity index (χ4n) is 2.80. The first-order valence-electron chi connectivity index (χ1n) is 6.60. The van der Waals surface area contributed by atoms with Crippen LogP contribution in [0, 0.1) is 5.92 Å². The Morgan fingerprint density at radius 3 is 2.94 bits per heavy atom. The number of nitrogens with one attached hydrogen (secondary N) is 1. The first-order valence-corrected chi connectivity index (χ1v) is 6.60. The van der Waals surface area contributed by atoms with Crippen molar-refractivity contribution in [2.75, 3.05) is 24.3 Å². The van der Waals surface area contributed by atoms with Gasteiger partial charge in [0.05, 0.1) is 17.6 Å². The molecule has 1 aliphatic rings. The van der Waals surface area contributed by atoms with E-state index in [9.17, 15) is 0 Å². The van der Waals surface area contributed by atoms with Crippen LogP contribution in [0.5, 0.6) is 0 Å². The van der Waals surface area contributed by atoms with Gasteiger partial charge in [-0.1, -0.05) is 19.8 Å². The average molecular weight is 233 g/mol. The summed E-state index contributed by atoms with van der Waals surface area (Å²) in [5, 5.41) is 3.69.